The van der Waals surface area contributed by atoms with Crippen molar-refractivity contribution in [2.24, 2.45) is 0 Å². The van der Waals surface area contributed by atoms with Crippen LogP contribution in [0.4, 0.5) is 0 Å². The summed E-state index contributed by atoms with van der Waals surface area (Å²) in [6, 6.07) is 15.1. The number of ether oxygens (including phenoxy) is 1. The monoisotopic (exact) mass is 345 g/mol. The van der Waals surface area contributed by atoms with Gasteiger partial charge >= 0.3 is 0 Å². The van der Waals surface area contributed by atoms with Gasteiger partial charge in [-0.1, -0.05) is 41.9 Å². The summed E-state index contributed by atoms with van der Waals surface area (Å²) in [5.74, 6) is 0.634. The average Bonchev–Trinajstić information content (AvgIpc) is 2.54. The molecule has 0 aliphatic rings. The van der Waals surface area contributed by atoms with Crippen molar-refractivity contribution >= 4 is 17.5 Å². The molecule has 0 saturated heterocycles. The van der Waals surface area contributed by atoms with Crippen LogP contribution in [0.25, 0.3) is 0 Å². The number of hydrogen-bond acceptors (Lipinski definition) is 2. The summed E-state index contributed by atoms with van der Waals surface area (Å²) in [7, 11) is 1.61. The highest BCUT2D eigenvalue weighted by atomic mass is 35.5. The minimum absolute atomic E-state index is 0.0722. The molecular formula is C20H24ClNO2. The van der Waals surface area contributed by atoms with Gasteiger partial charge in [0.15, 0.2) is 0 Å². The van der Waals surface area contributed by atoms with Crippen molar-refractivity contribution < 1.29 is 9.53 Å². The molecule has 0 fully saturated rings. The van der Waals surface area contributed by atoms with Gasteiger partial charge in [-0.2, -0.15) is 0 Å². The van der Waals surface area contributed by atoms with Crippen LogP contribution in [0.3, 0.4) is 0 Å². The lowest BCUT2D eigenvalue weighted by molar-refractivity contribution is -0.127. The van der Waals surface area contributed by atoms with Crippen LogP contribution < -0.4 is 10.1 Å². The highest BCUT2D eigenvalue weighted by Gasteiger charge is 2.36. The number of benzene rings is 2. The molecule has 4 heteroatoms. The first-order valence-electron chi connectivity index (χ1n) is 7.90. The second-order valence-electron chi connectivity index (χ2n) is 6.91. The molecule has 0 aromatic heterocycles. The maximum Gasteiger partial charge on any atom is 0.230 e. The van der Waals surface area contributed by atoms with E-state index in [1.165, 1.54) is 0 Å². The molecular weight excluding hydrogens is 322 g/mol. The third kappa shape index (κ3) is 3.73. The number of carbonyl (C=O) groups excluding carboxylic acids is 1. The quantitative estimate of drug-likeness (QED) is 0.854. The Kier molecular flexibility index (Phi) is 5.24. The Morgan fingerprint density at radius 1 is 1.04 bits per heavy atom. The Labute approximate surface area is 149 Å². The summed E-state index contributed by atoms with van der Waals surface area (Å²) in [5, 5.41) is 3.79. The van der Waals surface area contributed by atoms with Crippen molar-refractivity contribution in [2.75, 3.05) is 7.11 Å². The van der Waals surface area contributed by atoms with Gasteiger partial charge < -0.3 is 10.1 Å². The topological polar surface area (TPSA) is 38.3 Å². The molecule has 0 radical (unpaired) electrons. The first-order chi connectivity index (χ1) is 11.2. The lowest BCUT2D eigenvalue weighted by Gasteiger charge is -2.33. The van der Waals surface area contributed by atoms with E-state index in [1.807, 2.05) is 76.2 Å². The molecule has 0 saturated carbocycles. The summed E-state index contributed by atoms with van der Waals surface area (Å²) in [6.07, 6.45) is 0. The predicted octanol–water partition coefficient (Wildman–Crippen LogP) is 4.68. The number of rotatable bonds is 5. The average molecular weight is 346 g/mol. The van der Waals surface area contributed by atoms with Crippen LogP contribution in [-0.2, 0) is 15.7 Å². The summed E-state index contributed by atoms with van der Waals surface area (Å²) < 4.78 is 5.41. The molecule has 1 N–H and O–H groups in total. The van der Waals surface area contributed by atoms with E-state index in [9.17, 15) is 4.79 Å². The standard InChI is InChI=1S/C20H24ClNO2/c1-19(2,16-11-6-7-12-17(16)24-5)18(23)22-20(3,4)14-9-8-10-15(21)13-14/h6-13H,1-5H3,(H,22,23). The van der Waals surface area contributed by atoms with E-state index in [0.717, 1.165) is 11.1 Å². The maximum absolute atomic E-state index is 13.0. The maximum atomic E-state index is 13.0. The molecule has 24 heavy (non-hydrogen) atoms. The van der Waals surface area contributed by atoms with Gasteiger partial charge in [0.2, 0.25) is 5.91 Å². The van der Waals surface area contributed by atoms with Crippen LogP contribution in [0.1, 0.15) is 38.8 Å². The van der Waals surface area contributed by atoms with E-state index in [1.54, 1.807) is 7.11 Å². The SMILES string of the molecule is COc1ccccc1C(C)(C)C(=O)NC(C)(C)c1cccc(Cl)c1. The zero-order chi connectivity index (χ0) is 18.0. The van der Waals surface area contributed by atoms with Gasteiger partial charge in [-0.15, -0.1) is 0 Å². The fraction of sp³-hybridized carbons (Fsp3) is 0.350. The van der Waals surface area contributed by atoms with Crippen molar-refractivity contribution in [2.45, 2.75) is 38.6 Å². The number of para-hydroxylation sites is 1. The Hall–Kier alpha value is -2.00. The van der Waals surface area contributed by atoms with E-state index in [2.05, 4.69) is 5.32 Å². The van der Waals surface area contributed by atoms with Crippen LogP contribution in [0.5, 0.6) is 5.75 Å². The van der Waals surface area contributed by atoms with Crippen molar-refractivity contribution in [3.63, 3.8) is 0 Å². The van der Waals surface area contributed by atoms with Gasteiger partial charge in [0.05, 0.1) is 18.1 Å². The largest absolute Gasteiger partial charge is 0.496 e. The van der Waals surface area contributed by atoms with Crippen molar-refractivity contribution in [3.05, 3.63) is 64.7 Å². The molecule has 2 rings (SSSR count). The molecule has 2 aromatic rings. The normalized spacial score (nSPS) is 11.9. The van der Waals surface area contributed by atoms with Crippen LogP contribution in [-0.4, -0.2) is 13.0 Å². The van der Waals surface area contributed by atoms with Crippen LogP contribution >= 0.6 is 11.6 Å². The van der Waals surface area contributed by atoms with Crippen LogP contribution in [0, 0.1) is 0 Å². The lowest BCUT2D eigenvalue weighted by atomic mass is 9.81. The first-order valence-corrected chi connectivity index (χ1v) is 8.28. The highest BCUT2D eigenvalue weighted by molar-refractivity contribution is 6.30. The molecule has 0 aliphatic carbocycles. The number of halogens is 1. The van der Waals surface area contributed by atoms with Gasteiger partial charge in [-0.05, 0) is 51.5 Å². The van der Waals surface area contributed by atoms with E-state index in [-0.39, 0.29) is 5.91 Å². The number of nitrogens with one attached hydrogen (secondary N) is 1. The van der Waals surface area contributed by atoms with Crippen LogP contribution in [0.15, 0.2) is 48.5 Å². The van der Waals surface area contributed by atoms with Crippen molar-refractivity contribution in [1.29, 1.82) is 0 Å². The van der Waals surface area contributed by atoms with Gasteiger partial charge in [0.25, 0.3) is 0 Å². The number of amides is 1. The lowest BCUT2D eigenvalue weighted by Crippen LogP contribution is -2.48. The number of hydrogen-bond donors (Lipinski definition) is 1. The summed E-state index contributed by atoms with van der Waals surface area (Å²) in [6.45, 7) is 7.73. The smallest absolute Gasteiger partial charge is 0.230 e. The third-order valence-electron chi connectivity index (χ3n) is 4.32. The molecule has 0 atom stereocenters. The first kappa shape index (κ1) is 18.3. The summed E-state index contributed by atoms with van der Waals surface area (Å²) in [5.41, 5.74) is 0.537. The number of carbonyl (C=O) groups is 1. The van der Waals surface area contributed by atoms with Gasteiger partial charge in [0, 0.05) is 10.6 Å². The summed E-state index contributed by atoms with van der Waals surface area (Å²) >= 11 is 6.08. The third-order valence-corrected chi connectivity index (χ3v) is 4.56. The molecule has 0 aliphatic heterocycles. The fourth-order valence-electron chi connectivity index (χ4n) is 2.67. The molecule has 2 aromatic carbocycles. The van der Waals surface area contributed by atoms with Gasteiger partial charge in [-0.3, -0.25) is 4.79 Å². The second kappa shape index (κ2) is 6.86. The van der Waals surface area contributed by atoms with E-state index >= 15 is 0 Å². The second-order valence-corrected chi connectivity index (χ2v) is 7.35. The van der Waals surface area contributed by atoms with E-state index in [4.69, 9.17) is 16.3 Å². The molecule has 1 amide bonds. The highest BCUT2D eigenvalue weighted by Crippen LogP contribution is 2.33. The molecule has 0 unspecified atom stereocenters. The van der Waals surface area contributed by atoms with Crippen molar-refractivity contribution in [3.8, 4) is 5.75 Å². The predicted molar refractivity (Wildman–Crippen MR) is 98.6 cm³/mol. The molecule has 3 nitrogen and oxygen atoms in total. The van der Waals surface area contributed by atoms with Gasteiger partial charge in [-0.25, -0.2) is 0 Å². The molecule has 0 spiro atoms. The van der Waals surface area contributed by atoms with E-state index < -0.39 is 11.0 Å². The molecule has 0 bridgehead atoms. The molecule has 0 heterocycles. The zero-order valence-electron chi connectivity index (χ0n) is 14.8. The summed E-state index contributed by atoms with van der Waals surface area (Å²) in [4.78, 5) is 13.0. The Balaban J connectivity index is 2.30. The fourth-order valence-corrected chi connectivity index (χ4v) is 2.86. The Morgan fingerprint density at radius 2 is 1.71 bits per heavy atom. The molecule has 128 valence electrons. The van der Waals surface area contributed by atoms with Crippen LogP contribution in [0.2, 0.25) is 5.02 Å². The minimum atomic E-state index is -0.734. The van der Waals surface area contributed by atoms with E-state index in [0.29, 0.717) is 10.8 Å². The Bertz CT molecular complexity index is 738. The van der Waals surface area contributed by atoms with Gasteiger partial charge in [0.1, 0.15) is 5.75 Å². The minimum Gasteiger partial charge on any atom is -0.496 e. The Morgan fingerprint density at radius 3 is 2.33 bits per heavy atom. The zero-order valence-corrected chi connectivity index (χ0v) is 15.6. The van der Waals surface area contributed by atoms with Crippen molar-refractivity contribution in [1.82, 2.24) is 5.32 Å². The number of methoxy groups -OCH3 is 1.